The zero-order valence-electron chi connectivity index (χ0n) is 24.5. The molecule has 0 bridgehead atoms. The minimum atomic E-state index is -0.755. The molecule has 3 heteroatoms. The first-order valence-corrected chi connectivity index (χ1v) is 15.1. The second-order valence-corrected chi connectivity index (χ2v) is 11.4. The van der Waals surface area contributed by atoms with E-state index in [1.807, 2.05) is 18.2 Å². The molecular formula is C40H33NO2. The van der Waals surface area contributed by atoms with E-state index in [4.69, 9.17) is 0 Å². The van der Waals surface area contributed by atoms with Crippen LogP contribution >= 0.6 is 0 Å². The molecule has 0 saturated carbocycles. The minimum absolute atomic E-state index is 0.115. The van der Waals surface area contributed by atoms with Crippen molar-refractivity contribution in [3.63, 3.8) is 0 Å². The maximum atomic E-state index is 13.0. The Morgan fingerprint density at radius 2 is 1.09 bits per heavy atom. The third kappa shape index (κ3) is 4.27. The third-order valence-electron chi connectivity index (χ3n) is 9.37. The van der Waals surface area contributed by atoms with Crippen LogP contribution in [0.15, 0.2) is 127 Å². The van der Waals surface area contributed by atoms with Crippen LogP contribution in [0.4, 0.5) is 17.1 Å². The second-order valence-electron chi connectivity index (χ2n) is 11.4. The van der Waals surface area contributed by atoms with Gasteiger partial charge >= 0.3 is 0 Å². The summed E-state index contributed by atoms with van der Waals surface area (Å²) in [6.07, 6.45) is 5.66. The number of nitrogens with zero attached hydrogens (tertiary/aromatic N) is 1. The SMILES string of the molecule is CCC1(CC)c2cc(/C=C/C3C(=O)c4ccccc4C3=O)ccc2-c2ccc(N(c3ccccc3)c3ccccc3)cc21. The van der Waals surface area contributed by atoms with E-state index >= 15 is 0 Å². The Kier molecular flexibility index (Phi) is 6.66. The normalized spacial score (nSPS) is 15.0. The van der Waals surface area contributed by atoms with Crippen LogP contribution in [0.25, 0.3) is 17.2 Å². The monoisotopic (exact) mass is 559 g/mol. The zero-order valence-corrected chi connectivity index (χ0v) is 24.5. The van der Waals surface area contributed by atoms with Crippen molar-refractivity contribution >= 4 is 34.7 Å². The van der Waals surface area contributed by atoms with Gasteiger partial charge < -0.3 is 4.90 Å². The largest absolute Gasteiger partial charge is 0.310 e. The van der Waals surface area contributed by atoms with Gasteiger partial charge in [-0.3, -0.25) is 9.59 Å². The molecule has 43 heavy (non-hydrogen) atoms. The van der Waals surface area contributed by atoms with E-state index in [0.29, 0.717) is 11.1 Å². The lowest BCUT2D eigenvalue weighted by molar-refractivity contribution is 0.0872. The number of rotatable bonds is 7. The average Bonchev–Trinajstić information content (AvgIpc) is 3.48. The van der Waals surface area contributed by atoms with Gasteiger partial charge in [0.05, 0.1) is 0 Å². The summed E-state index contributed by atoms with van der Waals surface area (Å²) >= 11 is 0. The molecule has 0 radical (unpaired) electrons. The van der Waals surface area contributed by atoms with Crippen LogP contribution in [0.5, 0.6) is 0 Å². The van der Waals surface area contributed by atoms with Gasteiger partial charge in [-0.15, -0.1) is 0 Å². The number of fused-ring (bicyclic) bond motifs is 4. The first-order valence-electron chi connectivity index (χ1n) is 15.1. The Morgan fingerprint density at radius 3 is 1.65 bits per heavy atom. The average molecular weight is 560 g/mol. The van der Waals surface area contributed by atoms with E-state index in [2.05, 4.69) is 116 Å². The Bertz CT molecular complexity index is 1810. The van der Waals surface area contributed by atoms with Gasteiger partial charge in [0, 0.05) is 33.6 Å². The first kappa shape index (κ1) is 26.9. The molecule has 5 aromatic rings. The summed E-state index contributed by atoms with van der Waals surface area (Å²) in [4.78, 5) is 28.3. The molecule has 0 unspecified atom stereocenters. The summed E-state index contributed by atoms with van der Waals surface area (Å²) in [7, 11) is 0. The van der Waals surface area contributed by atoms with E-state index in [0.717, 1.165) is 35.5 Å². The fraction of sp³-hybridized carbons (Fsp3) is 0.150. The first-order chi connectivity index (χ1) is 21.1. The van der Waals surface area contributed by atoms with Gasteiger partial charge in [-0.2, -0.15) is 0 Å². The van der Waals surface area contributed by atoms with Crippen LogP contribution in [-0.4, -0.2) is 11.6 Å². The predicted octanol–water partition coefficient (Wildman–Crippen LogP) is 9.95. The summed E-state index contributed by atoms with van der Waals surface area (Å²) in [5.41, 5.74) is 10.5. The molecule has 3 nitrogen and oxygen atoms in total. The Balaban J connectivity index is 1.28. The van der Waals surface area contributed by atoms with E-state index in [1.54, 1.807) is 18.2 Å². The Morgan fingerprint density at radius 1 is 0.581 bits per heavy atom. The molecule has 7 rings (SSSR count). The smallest absolute Gasteiger partial charge is 0.178 e. The summed E-state index contributed by atoms with van der Waals surface area (Å²) in [5, 5.41) is 0. The number of carbonyl (C=O) groups excluding carboxylic acids is 2. The summed E-state index contributed by atoms with van der Waals surface area (Å²) in [6, 6.07) is 41.6. The molecule has 0 aromatic heterocycles. The number of hydrogen-bond donors (Lipinski definition) is 0. The summed E-state index contributed by atoms with van der Waals surface area (Å²) < 4.78 is 0. The predicted molar refractivity (Wildman–Crippen MR) is 176 cm³/mol. The van der Waals surface area contributed by atoms with E-state index < -0.39 is 5.92 Å². The highest BCUT2D eigenvalue weighted by molar-refractivity contribution is 6.27. The number of benzene rings is 5. The topological polar surface area (TPSA) is 37.4 Å². The highest BCUT2D eigenvalue weighted by Gasteiger charge is 2.41. The molecule has 0 fully saturated rings. The lowest BCUT2D eigenvalue weighted by Crippen LogP contribution is -2.23. The molecule has 0 atom stereocenters. The molecule has 5 aromatic carbocycles. The van der Waals surface area contributed by atoms with Crippen LogP contribution < -0.4 is 4.90 Å². The van der Waals surface area contributed by atoms with Crippen molar-refractivity contribution in [2.24, 2.45) is 5.92 Å². The molecule has 0 heterocycles. The summed E-state index contributed by atoms with van der Waals surface area (Å²) in [6.45, 7) is 4.55. The molecule has 2 aliphatic rings. The van der Waals surface area contributed by atoms with Crippen LogP contribution in [-0.2, 0) is 5.41 Å². The van der Waals surface area contributed by atoms with Gasteiger partial charge in [-0.25, -0.2) is 0 Å². The van der Waals surface area contributed by atoms with Gasteiger partial charge in [-0.1, -0.05) is 111 Å². The second kappa shape index (κ2) is 10.7. The van der Waals surface area contributed by atoms with Crippen LogP contribution in [0.1, 0.15) is 64.1 Å². The standard InChI is InChI=1S/C40H33NO2/c1-3-40(4-2)36-25-27(20-23-35-38(42)33-17-11-12-18-34(33)39(35)43)19-22-31(36)32-24-21-30(26-37(32)40)41(28-13-7-5-8-14-28)29-15-9-6-10-16-29/h5-26,35H,3-4H2,1-2H3/b23-20+. The fourth-order valence-corrected chi connectivity index (χ4v) is 7.11. The molecule has 0 aliphatic heterocycles. The maximum Gasteiger partial charge on any atom is 0.178 e. The quantitative estimate of drug-likeness (QED) is 0.186. The van der Waals surface area contributed by atoms with Crippen molar-refractivity contribution in [1.82, 2.24) is 0 Å². The molecule has 0 N–H and O–H groups in total. The van der Waals surface area contributed by atoms with Crippen LogP contribution in [0, 0.1) is 5.92 Å². The highest BCUT2D eigenvalue weighted by atomic mass is 16.2. The number of ketones is 2. The maximum absolute atomic E-state index is 13.0. The molecule has 210 valence electrons. The molecule has 2 aliphatic carbocycles. The van der Waals surface area contributed by atoms with Gasteiger partial charge in [0.1, 0.15) is 5.92 Å². The fourth-order valence-electron chi connectivity index (χ4n) is 7.11. The molecule has 0 amide bonds. The number of hydrogen-bond acceptors (Lipinski definition) is 3. The Hall–Kier alpha value is -5.02. The lowest BCUT2D eigenvalue weighted by Gasteiger charge is -2.32. The number of Topliss-reactive ketones (excluding diaryl/α,β-unsaturated/α-hetero) is 2. The van der Waals surface area contributed by atoms with Crippen LogP contribution in [0.2, 0.25) is 0 Å². The van der Waals surface area contributed by atoms with Crippen molar-refractivity contribution in [1.29, 1.82) is 0 Å². The van der Waals surface area contributed by atoms with Crippen molar-refractivity contribution in [2.75, 3.05) is 4.90 Å². The number of allylic oxidation sites excluding steroid dienone is 1. The van der Waals surface area contributed by atoms with E-state index in [1.165, 1.54) is 22.3 Å². The van der Waals surface area contributed by atoms with Gasteiger partial charge in [0.25, 0.3) is 0 Å². The van der Waals surface area contributed by atoms with Gasteiger partial charge in [0.2, 0.25) is 0 Å². The molecular weight excluding hydrogens is 526 g/mol. The Labute approximate surface area is 253 Å². The molecule has 0 saturated heterocycles. The third-order valence-corrected chi connectivity index (χ3v) is 9.37. The van der Waals surface area contributed by atoms with Crippen molar-refractivity contribution in [3.05, 3.63) is 155 Å². The summed E-state index contributed by atoms with van der Waals surface area (Å²) in [5.74, 6) is -0.985. The minimum Gasteiger partial charge on any atom is -0.310 e. The van der Waals surface area contributed by atoms with E-state index in [-0.39, 0.29) is 17.0 Å². The highest BCUT2D eigenvalue weighted by Crippen LogP contribution is 2.54. The van der Waals surface area contributed by atoms with Gasteiger partial charge in [0.15, 0.2) is 11.6 Å². The van der Waals surface area contributed by atoms with Crippen molar-refractivity contribution < 1.29 is 9.59 Å². The van der Waals surface area contributed by atoms with Crippen molar-refractivity contribution in [2.45, 2.75) is 32.1 Å². The zero-order chi connectivity index (χ0) is 29.6. The lowest BCUT2D eigenvalue weighted by atomic mass is 9.73. The number of anilines is 3. The number of carbonyl (C=O) groups is 2. The van der Waals surface area contributed by atoms with E-state index in [9.17, 15) is 9.59 Å². The number of para-hydroxylation sites is 2. The molecule has 0 spiro atoms. The van der Waals surface area contributed by atoms with Crippen LogP contribution in [0.3, 0.4) is 0 Å². The van der Waals surface area contributed by atoms with Crippen molar-refractivity contribution in [3.8, 4) is 11.1 Å². The van der Waals surface area contributed by atoms with Gasteiger partial charge in [-0.05, 0) is 77.1 Å².